The monoisotopic (exact) mass is 339 g/mol. The molecule has 0 unspecified atom stereocenters. The van der Waals surface area contributed by atoms with E-state index in [1.807, 2.05) is 25.1 Å². The molecular formula is C16H25N3O3S. The highest BCUT2D eigenvalue weighted by Crippen LogP contribution is 2.25. The van der Waals surface area contributed by atoms with E-state index < -0.39 is 10.0 Å². The molecule has 0 aromatic heterocycles. The van der Waals surface area contributed by atoms with Gasteiger partial charge in [-0.1, -0.05) is 12.5 Å². The topological polar surface area (TPSA) is 78.5 Å². The highest BCUT2D eigenvalue weighted by atomic mass is 32.2. The van der Waals surface area contributed by atoms with E-state index >= 15 is 0 Å². The predicted octanol–water partition coefficient (Wildman–Crippen LogP) is 1.20. The number of carbonyl (C=O) groups excluding carboxylic acids is 1. The Morgan fingerprint density at radius 2 is 2.04 bits per heavy atom. The Bertz CT molecular complexity index is 640. The van der Waals surface area contributed by atoms with Crippen LogP contribution in [0.2, 0.25) is 0 Å². The summed E-state index contributed by atoms with van der Waals surface area (Å²) in [6, 6.07) is 7.21. The molecule has 0 radical (unpaired) electrons. The molecule has 1 fully saturated rings. The number of benzene rings is 1. The van der Waals surface area contributed by atoms with Gasteiger partial charge in [-0.2, -0.15) is 0 Å². The van der Waals surface area contributed by atoms with E-state index in [4.69, 9.17) is 0 Å². The first-order valence-corrected chi connectivity index (χ1v) is 9.55. The molecule has 1 aromatic carbocycles. The summed E-state index contributed by atoms with van der Waals surface area (Å²) in [6.45, 7) is 0.617. The van der Waals surface area contributed by atoms with Gasteiger partial charge in [-0.15, -0.1) is 0 Å². The third kappa shape index (κ3) is 5.51. The van der Waals surface area contributed by atoms with Crippen LogP contribution in [0, 0.1) is 5.92 Å². The van der Waals surface area contributed by atoms with Crippen molar-refractivity contribution in [1.29, 1.82) is 0 Å². The highest BCUT2D eigenvalue weighted by molar-refractivity contribution is 7.89. The van der Waals surface area contributed by atoms with Crippen LogP contribution in [-0.4, -0.2) is 47.3 Å². The number of amides is 1. The standard InChI is InChI=1S/C16H25N3O3S/c1-19(2)15-8-4-7-14(11-15)16(20)17-9-10-23(21,22)18-12-13-5-3-6-13/h4,7-8,11,13,18H,3,5-6,9-10,12H2,1-2H3,(H,17,20). The zero-order valence-electron chi connectivity index (χ0n) is 13.7. The number of nitrogens with zero attached hydrogens (tertiary/aromatic N) is 1. The number of rotatable bonds is 8. The lowest BCUT2D eigenvalue weighted by atomic mass is 9.86. The van der Waals surface area contributed by atoms with E-state index in [2.05, 4.69) is 10.0 Å². The number of sulfonamides is 1. The molecule has 23 heavy (non-hydrogen) atoms. The Morgan fingerprint density at radius 1 is 1.30 bits per heavy atom. The van der Waals surface area contributed by atoms with Crippen LogP contribution in [0.4, 0.5) is 5.69 Å². The average molecular weight is 339 g/mol. The smallest absolute Gasteiger partial charge is 0.251 e. The van der Waals surface area contributed by atoms with Crippen LogP contribution < -0.4 is 14.9 Å². The van der Waals surface area contributed by atoms with Crippen molar-refractivity contribution in [2.24, 2.45) is 5.92 Å². The number of carbonyl (C=O) groups is 1. The Labute approximate surface area is 138 Å². The first-order chi connectivity index (χ1) is 10.9. The van der Waals surface area contributed by atoms with Crippen molar-refractivity contribution in [2.45, 2.75) is 19.3 Å². The second kappa shape index (κ2) is 7.79. The zero-order chi connectivity index (χ0) is 16.9. The summed E-state index contributed by atoms with van der Waals surface area (Å²) >= 11 is 0. The molecule has 128 valence electrons. The average Bonchev–Trinajstić information content (AvgIpc) is 2.45. The highest BCUT2D eigenvalue weighted by Gasteiger charge is 2.20. The first-order valence-electron chi connectivity index (χ1n) is 7.90. The molecule has 2 N–H and O–H groups in total. The van der Waals surface area contributed by atoms with Crippen molar-refractivity contribution in [1.82, 2.24) is 10.0 Å². The first kappa shape index (κ1) is 17.7. The third-order valence-corrected chi connectivity index (χ3v) is 5.45. The van der Waals surface area contributed by atoms with E-state index in [-0.39, 0.29) is 18.2 Å². The second-order valence-electron chi connectivity index (χ2n) is 6.16. The Balaban J connectivity index is 1.78. The van der Waals surface area contributed by atoms with Crippen molar-refractivity contribution >= 4 is 21.6 Å². The van der Waals surface area contributed by atoms with Gasteiger partial charge < -0.3 is 10.2 Å². The Kier molecular flexibility index (Phi) is 6.01. The van der Waals surface area contributed by atoms with Gasteiger partial charge in [0, 0.05) is 38.4 Å². The van der Waals surface area contributed by atoms with E-state index in [9.17, 15) is 13.2 Å². The van der Waals surface area contributed by atoms with Gasteiger partial charge in [-0.05, 0) is 37.0 Å². The van der Waals surface area contributed by atoms with Crippen LogP contribution in [0.15, 0.2) is 24.3 Å². The molecule has 1 saturated carbocycles. The SMILES string of the molecule is CN(C)c1cccc(C(=O)NCCS(=O)(=O)NCC2CCC2)c1. The minimum absolute atomic E-state index is 0.0984. The van der Waals surface area contributed by atoms with Crippen molar-refractivity contribution in [3.8, 4) is 0 Å². The van der Waals surface area contributed by atoms with Crippen LogP contribution in [0.25, 0.3) is 0 Å². The van der Waals surface area contributed by atoms with Gasteiger partial charge in [0.2, 0.25) is 10.0 Å². The molecule has 1 aliphatic carbocycles. The van der Waals surface area contributed by atoms with Crippen molar-refractivity contribution in [2.75, 3.05) is 37.8 Å². The van der Waals surface area contributed by atoms with Crippen LogP contribution in [0.1, 0.15) is 29.6 Å². The molecule has 1 aromatic rings. The van der Waals surface area contributed by atoms with E-state index in [1.54, 1.807) is 18.2 Å². The van der Waals surface area contributed by atoms with E-state index in [0.29, 0.717) is 18.0 Å². The number of hydrogen-bond donors (Lipinski definition) is 2. The van der Waals surface area contributed by atoms with Gasteiger partial charge in [0.25, 0.3) is 5.91 Å². The fraction of sp³-hybridized carbons (Fsp3) is 0.562. The normalized spacial score (nSPS) is 15.0. The molecule has 0 aliphatic heterocycles. The summed E-state index contributed by atoms with van der Waals surface area (Å²) in [5.41, 5.74) is 1.45. The lowest BCUT2D eigenvalue weighted by Gasteiger charge is -2.25. The second-order valence-corrected chi connectivity index (χ2v) is 8.09. The number of nitrogens with one attached hydrogen (secondary N) is 2. The largest absolute Gasteiger partial charge is 0.378 e. The lowest BCUT2D eigenvalue weighted by molar-refractivity contribution is 0.0956. The maximum Gasteiger partial charge on any atom is 0.251 e. The van der Waals surface area contributed by atoms with Gasteiger partial charge in [-0.3, -0.25) is 4.79 Å². The molecule has 1 amide bonds. The summed E-state index contributed by atoms with van der Waals surface area (Å²) in [5, 5.41) is 2.66. The van der Waals surface area contributed by atoms with E-state index in [0.717, 1.165) is 18.5 Å². The zero-order valence-corrected chi connectivity index (χ0v) is 14.5. The maximum absolute atomic E-state index is 12.1. The molecule has 7 heteroatoms. The summed E-state index contributed by atoms with van der Waals surface area (Å²) < 4.78 is 26.3. The van der Waals surface area contributed by atoms with Gasteiger partial charge in [0.05, 0.1) is 5.75 Å². The quantitative estimate of drug-likeness (QED) is 0.746. The summed E-state index contributed by atoms with van der Waals surface area (Å²) in [7, 11) is 0.475. The summed E-state index contributed by atoms with van der Waals surface area (Å²) in [5.74, 6) is 0.120. The van der Waals surface area contributed by atoms with Gasteiger partial charge in [0.15, 0.2) is 0 Å². The molecular weight excluding hydrogens is 314 g/mol. The molecule has 6 nitrogen and oxygen atoms in total. The number of hydrogen-bond acceptors (Lipinski definition) is 4. The summed E-state index contributed by atoms with van der Waals surface area (Å²) in [6.07, 6.45) is 3.39. The van der Waals surface area contributed by atoms with E-state index in [1.165, 1.54) is 6.42 Å². The molecule has 0 heterocycles. The Morgan fingerprint density at radius 3 is 2.65 bits per heavy atom. The van der Waals surface area contributed by atoms with Crippen molar-refractivity contribution in [3.63, 3.8) is 0 Å². The number of anilines is 1. The molecule has 0 bridgehead atoms. The van der Waals surface area contributed by atoms with Gasteiger partial charge in [0.1, 0.15) is 0 Å². The molecule has 2 rings (SSSR count). The van der Waals surface area contributed by atoms with Crippen LogP contribution in [0.3, 0.4) is 0 Å². The van der Waals surface area contributed by atoms with Gasteiger partial charge >= 0.3 is 0 Å². The molecule has 0 spiro atoms. The minimum atomic E-state index is -3.33. The van der Waals surface area contributed by atoms with Gasteiger partial charge in [-0.25, -0.2) is 13.1 Å². The van der Waals surface area contributed by atoms with Crippen LogP contribution in [-0.2, 0) is 10.0 Å². The Hall–Kier alpha value is -1.60. The fourth-order valence-corrected chi connectivity index (χ4v) is 3.34. The predicted molar refractivity (Wildman–Crippen MR) is 92.2 cm³/mol. The fourth-order valence-electron chi connectivity index (χ4n) is 2.34. The maximum atomic E-state index is 12.1. The van der Waals surface area contributed by atoms with Crippen molar-refractivity contribution < 1.29 is 13.2 Å². The lowest BCUT2D eigenvalue weighted by Crippen LogP contribution is -2.37. The molecule has 1 aliphatic rings. The van der Waals surface area contributed by atoms with Crippen LogP contribution in [0.5, 0.6) is 0 Å². The molecule has 0 atom stereocenters. The summed E-state index contributed by atoms with van der Waals surface area (Å²) in [4.78, 5) is 14.0. The molecule has 0 saturated heterocycles. The van der Waals surface area contributed by atoms with Crippen LogP contribution >= 0.6 is 0 Å². The van der Waals surface area contributed by atoms with Crippen molar-refractivity contribution in [3.05, 3.63) is 29.8 Å². The minimum Gasteiger partial charge on any atom is -0.378 e. The third-order valence-electron chi connectivity index (χ3n) is 4.10.